The molecule has 6 nitrogen and oxygen atoms in total. The minimum absolute atomic E-state index is 0.0129. The highest BCUT2D eigenvalue weighted by atomic mass is 35.5. The first-order valence-corrected chi connectivity index (χ1v) is 8.25. The smallest absolute Gasteiger partial charge is 0.322 e. The first-order chi connectivity index (χ1) is 11.1. The van der Waals surface area contributed by atoms with E-state index in [4.69, 9.17) is 16.3 Å². The number of nitrogens with zero attached hydrogens (tertiary/aromatic N) is 2. The lowest BCUT2D eigenvalue weighted by atomic mass is 10.1. The van der Waals surface area contributed by atoms with Gasteiger partial charge in [-0.05, 0) is 31.0 Å². The molecule has 0 radical (unpaired) electrons. The summed E-state index contributed by atoms with van der Waals surface area (Å²) in [6.45, 7) is 3.75. The van der Waals surface area contributed by atoms with Crippen LogP contribution in [0.15, 0.2) is 18.2 Å². The van der Waals surface area contributed by atoms with Crippen LogP contribution in [0.4, 0.5) is 10.5 Å². The summed E-state index contributed by atoms with van der Waals surface area (Å²) in [4.78, 5) is 28.2. The van der Waals surface area contributed by atoms with E-state index < -0.39 is 0 Å². The number of urea groups is 1. The van der Waals surface area contributed by atoms with Gasteiger partial charge in [-0.3, -0.25) is 4.79 Å². The van der Waals surface area contributed by atoms with E-state index in [2.05, 4.69) is 5.32 Å². The number of carbonyl (C=O) groups is 2. The number of likely N-dealkylation sites (tertiary alicyclic amines) is 1. The van der Waals surface area contributed by atoms with Crippen molar-refractivity contribution in [2.45, 2.75) is 12.8 Å². The second-order valence-electron chi connectivity index (χ2n) is 5.72. The number of benzene rings is 1. The first-order valence-electron chi connectivity index (χ1n) is 7.87. The van der Waals surface area contributed by atoms with Crippen LogP contribution in [0.5, 0.6) is 0 Å². The summed E-state index contributed by atoms with van der Waals surface area (Å²) < 4.78 is 5.23. The Morgan fingerprint density at radius 2 is 1.74 bits per heavy atom. The first kappa shape index (κ1) is 16.1. The van der Waals surface area contributed by atoms with E-state index in [1.807, 2.05) is 4.90 Å². The van der Waals surface area contributed by atoms with Gasteiger partial charge in [0.15, 0.2) is 0 Å². The minimum atomic E-state index is -0.221. The number of ether oxygens (including phenoxy) is 1. The summed E-state index contributed by atoms with van der Waals surface area (Å²) in [6.07, 6.45) is 2.08. The zero-order chi connectivity index (χ0) is 16.2. The van der Waals surface area contributed by atoms with Crippen LogP contribution in [0, 0.1) is 0 Å². The van der Waals surface area contributed by atoms with Crippen LogP contribution >= 0.6 is 11.6 Å². The monoisotopic (exact) mass is 337 g/mol. The third kappa shape index (κ3) is 3.76. The zero-order valence-corrected chi connectivity index (χ0v) is 13.6. The molecule has 0 unspecified atom stereocenters. The summed E-state index contributed by atoms with van der Waals surface area (Å²) in [6, 6.07) is 4.79. The fraction of sp³-hybridized carbons (Fsp3) is 0.500. The van der Waals surface area contributed by atoms with Crippen LogP contribution in [0.25, 0.3) is 0 Å². The SMILES string of the molecule is O=C(Nc1cc(C(=O)N2CCCC2)ccc1Cl)N1CCOCC1. The van der Waals surface area contributed by atoms with E-state index in [0.29, 0.717) is 42.6 Å². The summed E-state index contributed by atoms with van der Waals surface area (Å²) >= 11 is 6.16. The highest BCUT2D eigenvalue weighted by Gasteiger charge is 2.22. The summed E-state index contributed by atoms with van der Waals surface area (Å²) in [5.74, 6) is -0.0129. The van der Waals surface area contributed by atoms with E-state index in [9.17, 15) is 9.59 Å². The van der Waals surface area contributed by atoms with Crippen LogP contribution in [-0.4, -0.2) is 61.1 Å². The van der Waals surface area contributed by atoms with Crippen LogP contribution in [0.2, 0.25) is 5.02 Å². The van der Waals surface area contributed by atoms with Gasteiger partial charge in [-0.1, -0.05) is 11.6 Å². The Morgan fingerprint density at radius 1 is 1.04 bits per heavy atom. The Labute approximate surface area is 140 Å². The summed E-state index contributed by atoms with van der Waals surface area (Å²) in [7, 11) is 0. The number of amides is 3. The average Bonchev–Trinajstić information content (AvgIpc) is 3.11. The molecule has 23 heavy (non-hydrogen) atoms. The molecule has 3 rings (SSSR count). The molecule has 2 fully saturated rings. The van der Waals surface area contributed by atoms with Crippen molar-refractivity contribution >= 4 is 29.2 Å². The van der Waals surface area contributed by atoms with E-state index in [-0.39, 0.29) is 11.9 Å². The standard InChI is InChI=1S/C16H20ClN3O3/c17-13-4-3-12(15(21)19-5-1-2-6-19)11-14(13)18-16(22)20-7-9-23-10-8-20/h3-4,11H,1-2,5-10H2,(H,18,22). The highest BCUT2D eigenvalue weighted by molar-refractivity contribution is 6.33. The van der Waals surface area contributed by atoms with Gasteiger partial charge in [-0.2, -0.15) is 0 Å². The topological polar surface area (TPSA) is 61.9 Å². The largest absolute Gasteiger partial charge is 0.378 e. The molecule has 1 aromatic rings. The molecule has 0 spiro atoms. The lowest BCUT2D eigenvalue weighted by Crippen LogP contribution is -2.43. The number of halogens is 1. The van der Waals surface area contributed by atoms with Crippen LogP contribution in [0.3, 0.4) is 0 Å². The van der Waals surface area contributed by atoms with Crippen molar-refractivity contribution in [3.63, 3.8) is 0 Å². The van der Waals surface area contributed by atoms with Gasteiger partial charge in [0.2, 0.25) is 0 Å². The lowest BCUT2D eigenvalue weighted by Gasteiger charge is -2.27. The molecular formula is C16H20ClN3O3. The van der Waals surface area contributed by atoms with Gasteiger partial charge >= 0.3 is 6.03 Å². The molecule has 0 aliphatic carbocycles. The maximum Gasteiger partial charge on any atom is 0.322 e. The Bertz CT molecular complexity index is 596. The lowest BCUT2D eigenvalue weighted by molar-refractivity contribution is 0.0564. The number of nitrogens with one attached hydrogen (secondary N) is 1. The van der Waals surface area contributed by atoms with Gasteiger partial charge in [-0.25, -0.2) is 4.79 Å². The van der Waals surface area contributed by atoms with Gasteiger partial charge < -0.3 is 19.9 Å². The Kier molecular flexibility index (Phi) is 5.03. The quantitative estimate of drug-likeness (QED) is 0.901. The van der Waals surface area contributed by atoms with Crippen molar-refractivity contribution in [2.24, 2.45) is 0 Å². The molecule has 0 saturated carbocycles. The second-order valence-corrected chi connectivity index (χ2v) is 6.13. The van der Waals surface area contributed by atoms with E-state index in [0.717, 1.165) is 25.9 Å². The van der Waals surface area contributed by atoms with Gasteiger partial charge in [0.1, 0.15) is 0 Å². The predicted octanol–water partition coefficient (Wildman–Crippen LogP) is 2.44. The molecule has 2 saturated heterocycles. The van der Waals surface area contributed by atoms with Crippen molar-refractivity contribution in [1.29, 1.82) is 0 Å². The minimum Gasteiger partial charge on any atom is -0.378 e. The summed E-state index contributed by atoms with van der Waals surface area (Å²) in [5.41, 5.74) is 1.02. The maximum atomic E-state index is 12.4. The number of carbonyl (C=O) groups excluding carboxylic acids is 2. The third-order valence-corrected chi connectivity index (χ3v) is 4.48. The third-order valence-electron chi connectivity index (χ3n) is 4.15. The Balaban J connectivity index is 1.72. The van der Waals surface area contributed by atoms with Gasteiger partial charge in [-0.15, -0.1) is 0 Å². The number of anilines is 1. The fourth-order valence-electron chi connectivity index (χ4n) is 2.82. The molecule has 0 bridgehead atoms. The molecular weight excluding hydrogens is 318 g/mol. The Morgan fingerprint density at radius 3 is 2.43 bits per heavy atom. The van der Waals surface area contributed by atoms with Crippen molar-refractivity contribution < 1.29 is 14.3 Å². The van der Waals surface area contributed by atoms with Crippen molar-refractivity contribution in [2.75, 3.05) is 44.7 Å². The predicted molar refractivity (Wildman–Crippen MR) is 88.0 cm³/mol. The van der Waals surface area contributed by atoms with Crippen LogP contribution in [-0.2, 0) is 4.74 Å². The molecule has 2 aliphatic heterocycles. The van der Waals surface area contributed by atoms with E-state index in [1.165, 1.54) is 0 Å². The zero-order valence-electron chi connectivity index (χ0n) is 12.9. The second kappa shape index (κ2) is 7.19. The molecule has 0 aromatic heterocycles. The van der Waals surface area contributed by atoms with Gasteiger partial charge in [0, 0.05) is 31.7 Å². The highest BCUT2D eigenvalue weighted by Crippen LogP contribution is 2.25. The Hall–Kier alpha value is -1.79. The van der Waals surface area contributed by atoms with E-state index in [1.54, 1.807) is 23.1 Å². The van der Waals surface area contributed by atoms with Gasteiger partial charge in [0.25, 0.3) is 5.91 Å². The fourth-order valence-corrected chi connectivity index (χ4v) is 2.98. The number of hydrogen-bond acceptors (Lipinski definition) is 3. The number of morpholine rings is 1. The molecule has 1 N–H and O–H groups in total. The van der Waals surface area contributed by atoms with E-state index >= 15 is 0 Å². The molecule has 124 valence electrons. The molecule has 7 heteroatoms. The normalized spacial score (nSPS) is 18.1. The van der Waals surface area contributed by atoms with Crippen LogP contribution in [0.1, 0.15) is 23.2 Å². The van der Waals surface area contributed by atoms with Crippen LogP contribution < -0.4 is 5.32 Å². The number of hydrogen-bond donors (Lipinski definition) is 1. The van der Waals surface area contributed by atoms with Crippen molar-refractivity contribution in [3.05, 3.63) is 28.8 Å². The van der Waals surface area contributed by atoms with Gasteiger partial charge in [0.05, 0.1) is 23.9 Å². The van der Waals surface area contributed by atoms with Crippen molar-refractivity contribution in [3.8, 4) is 0 Å². The number of rotatable bonds is 2. The van der Waals surface area contributed by atoms with Crippen molar-refractivity contribution in [1.82, 2.24) is 9.80 Å². The molecule has 0 atom stereocenters. The summed E-state index contributed by atoms with van der Waals surface area (Å²) in [5, 5.41) is 3.22. The molecule has 1 aromatic carbocycles. The molecule has 3 amide bonds. The maximum absolute atomic E-state index is 12.4. The average molecular weight is 338 g/mol. The molecule has 2 aliphatic rings. The molecule has 2 heterocycles.